The molecule has 1 aromatic heterocycles. The molecule has 6 heteroatoms. The molecular formula is C13H19Cl2N3S. The molecule has 1 N–H and O–H groups in total. The molecule has 19 heavy (non-hydrogen) atoms. The average Bonchev–Trinajstić information content (AvgIpc) is 2.71. The van der Waals surface area contributed by atoms with Gasteiger partial charge in [0.15, 0.2) is 0 Å². The van der Waals surface area contributed by atoms with E-state index >= 15 is 0 Å². The molecule has 1 aliphatic rings. The Bertz CT molecular complexity index is 484. The van der Waals surface area contributed by atoms with Crippen LogP contribution in [0.25, 0.3) is 10.2 Å². The summed E-state index contributed by atoms with van der Waals surface area (Å²) in [4.78, 5) is 7.17. The molecule has 0 spiro atoms. The Labute approximate surface area is 130 Å². The van der Waals surface area contributed by atoms with E-state index in [1.807, 2.05) is 11.3 Å². The van der Waals surface area contributed by atoms with Crippen LogP contribution in [-0.4, -0.2) is 35.6 Å². The highest BCUT2D eigenvalue weighted by atomic mass is 35.5. The zero-order valence-corrected chi connectivity index (χ0v) is 13.3. The van der Waals surface area contributed by atoms with Crippen molar-refractivity contribution in [1.82, 2.24) is 15.2 Å². The van der Waals surface area contributed by atoms with Crippen LogP contribution in [0.3, 0.4) is 0 Å². The second-order valence-electron chi connectivity index (χ2n) is 4.67. The maximum Gasteiger partial charge on any atom is 0.108 e. The van der Waals surface area contributed by atoms with Gasteiger partial charge in [0.2, 0.25) is 0 Å². The number of nitrogens with one attached hydrogen (secondary N) is 1. The number of benzene rings is 1. The molecule has 1 unspecified atom stereocenters. The van der Waals surface area contributed by atoms with Crippen molar-refractivity contribution < 1.29 is 0 Å². The average molecular weight is 320 g/mol. The van der Waals surface area contributed by atoms with Crippen molar-refractivity contribution in [2.45, 2.75) is 19.5 Å². The fraction of sp³-hybridized carbons (Fsp3) is 0.462. The molecular weight excluding hydrogens is 301 g/mol. The van der Waals surface area contributed by atoms with Gasteiger partial charge in [0.05, 0.1) is 16.8 Å². The Balaban J connectivity index is 0.000000902. The van der Waals surface area contributed by atoms with Gasteiger partial charge < -0.3 is 5.32 Å². The third-order valence-corrected chi connectivity index (χ3v) is 4.17. The number of hydrogen-bond acceptors (Lipinski definition) is 4. The first-order chi connectivity index (χ1) is 8.31. The van der Waals surface area contributed by atoms with Crippen LogP contribution in [0.4, 0.5) is 0 Å². The molecule has 1 aliphatic heterocycles. The quantitative estimate of drug-likeness (QED) is 0.922. The zero-order chi connectivity index (χ0) is 11.7. The van der Waals surface area contributed by atoms with Crippen LogP contribution in [0, 0.1) is 0 Å². The number of fused-ring (bicyclic) bond motifs is 1. The molecule has 0 aliphatic carbocycles. The summed E-state index contributed by atoms with van der Waals surface area (Å²) < 4.78 is 1.30. The van der Waals surface area contributed by atoms with Crippen molar-refractivity contribution >= 4 is 46.4 Å². The third kappa shape index (κ3) is 4.04. The molecule has 0 saturated carbocycles. The van der Waals surface area contributed by atoms with E-state index in [2.05, 4.69) is 46.4 Å². The van der Waals surface area contributed by atoms with Crippen molar-refractivity contribution in [3.8, 4) is 0 Å². The summed E-state index contributed by atoms with van der Waals surface area (Å²) in [6.45, 7) is 6.57. The number of rotatable bonds is 2. The van der Waals surface area contributed by atoms with Gasteiger partial charge in [-0.15, -0.1) is 36.2 Å². The summed E-state index contributed by atoms with van der Waals surface area (Å²) in [5.74, 6) is 0. The van der Waals surface area contributed by atoms with E-state index in [-0.39, 0.29) is 24.8 Å². The van der Waals surface area contributed by atoms with Crippen LogP contribution in [-0.2, 0) is 6.54 Å². The number of hydrogen-bond donors (Lipinski definition) is 1. The van der Waals surface area contributed by atoms with Crippen LogP contribution in [0.2, 0.25) is 0 Å². The largest absolute Gasteiger partial charge is 0.312 e. The van der Waals surface area contributed by atoms with Gasteiger partial charge in [-0.25, -0.2) is 4.98 Å². The normalized spacial score (nSPS) is 19.7. The minimum Gasteiger partial charge on any atom is -0.312 e. The minimum atomic E-state index is 0. The van der Waals surface area contributed by atoms with Gasteiger partial charge in [-0.2, -0.15) is 0 Å². The van der Waals surface area contributed by atoms with Crippen LogP contribution in [0.15, 0.2) is 24.3 Å². The number of halogens is 2. The van der Waals surface area contributed by atoms with Crippen molar-refractivity contribution in [3.63, 3.8) is 0 Å². The number of aromatic nitrogens is 1. The highest BCUT2D eigenvalue weighted by molar-refractivity contribution is 7.18. The summed E-state index contributed by atoms with van der Waals surface area (Å²) in [6.07, 6.45) is 0. The lowest BCUT2D eigenvalue weighted by Crippen LogP contribution is -2.48. The van der Waals surface area contributed by atoms with E-state index < -0.39 is 0 Å². The lowest BCUT2D eigenvalue weighted by atomic mass is 10.2. The van der Waals surface area contributed by atoms with Crippen LogP contribution in [0.1, 0.15) is 11.9 Å². The van der Waals surface area contributed by atoms with Crippen molar-refractivity contribution in [2.75, 3.05) is 19.6 Å². The first-order valence-electron chi connectivity index (χ1n) is 6.11. The van der Waals surface area contributed by atoms with Crippen LogP contribution in [0.5, 0.6) is 0 Å². The van der Waals surface area contributed by atoms with Gasteiger partial charge in [-0.3, -0.25) is 4.90 Å². The van der Waals surface area contributed by atoms with Crippen molar-refractivity contribution in [1.29, 1.82) is 0 Å². The number of thiazole rings is 1. The van der Waals surface area contributed by atoms with Crippen molar-refractivity contribution in [2.24, 2.45) is 0 Å². The third-order valence-electron chi connectivity index (χ3n) is 3.15. The van der Waals surface area contributed by atoms with Gasteiger partial charge in [0, 0.05) is 25.7 Å². The highest BCUT2D eigenvalue weighted by Gasteiger charge is 2.16. The second-order valence-corrected chi connectivity index (χ2v) is 5.78. The SMILES string of the molecule is CC1CN(Cc2nc3ccccc3s2)CCN1.Cl.Cl. The summed E-state index contributed by atoms with van der Waals surface area (Å²) in [6, 6.07) is 8.97. The standard InChI is InChI=1S/C13H17N3S.2ClH/c1-10-8-16(7-6-14-10)9-13-15-11-4-2-3-5-12(11)17-13;;/h2-5,10,14H,6-9H2,1H3;2*1H. The lowest BCUT2D eigenvalue weighted by molar-refractivity contribution is 0.199. The van der Waals surface area contributed by atoms with E-state index in [1.54, 1.807) is 0 Å². The molecule has 3 nitrogen and oxygen atoms in total. The molecule has 0 radical (unpaired) electrons. The maximum absolute atomic E-state index is 4.69. The Morgan fingerprint density at radius 3 is 2.89 bits per heavy atom. The predicted molar refractivity (Wildman–Crippen MR) is 86.9 cm³/mol. The predicted octanol–water partition coefficient (Wildman–Crippen LogP) is 2.93. The summed E-state index contributed by atoms with van der Waals surface area (Å²) in [5, 5.41) is 4.70. The molecule has 0 amide bonds. The molecule has 2 heterocycles. The summed E-state index contributed by atoms with van der Waals surface area (Å²) >= 11 is 1.82. The number of nitrogens with zero attached hydrogens (tertiary/aromatic N) is 2. The topological polar surface area (TPSA) is 28.2 Å². The molecule has 0 bridgehead atoms. The Kier molecular flexibility index (Phi) is 6.50. The van der Waals surface area contributed by atoms with Crippen molar-refractivity contribution in [3.05, 3.63) is 29.3 Å². The number of piperazine rings is 1. The highest BCUT2D eigenvalue weighted by Crippen LogP contribution is 2.22. The number of para-hydroxylation sites is 1. The molecule has 2 aromatic rings. The van der Waals surface area contributed by atoms with Gasteiger partial charge in [0.25, 0.3) is 0 Å². The summed E-state index contributed by atoms with van der Waals surface area (Å²) in [7, 11) is 0. The van der Waals surface area contributed by atoms with Crippen LogP contribution >= 0.6 is 36.2 Å². The maximum atomic E-state index is 4.69. The molecule has 1 atom stereocenters. The molecule has 106 valence electrons. The van der Waals surface area contributed by atoms with Gasteiger partial charge in [-0.1, -0.05) is 12.1 Å². The molecule has 1 saturated heterocycles. The smallest absolute Gasteiger partial charge is 0.108 e. The molecule has 3 rings (SSSR count). The van der Waals surface area contributed by atoms with E-state index in [1.165, 1.54) is 9.71 Å². The monoisotopic (exact) mass is 319 g/mol. The fourth-order valence-electron chi connectivity index (χ4n) is 2.33. The molecule has 1 aromatic carbocycles. The Morgan fingerprint density at radius 1 is 1.37 bits per heavy atom. The van der Waals surface area contributed by atoms with Gasteiger partial charge >= 0.3 is 0 Å². The lowest BCUT2D eigenvalue weighted by Gasteiger charge is -2.31. The fourth-order valence-corrected chi connectivity index (χ4v) is 3.34. The molecule has 1 fully saturated rings. The first-order valence-corrected chi connectivity index (χ1v) is 6.93. The second kappa shape index (κ2) is 7.41. The van der Waals surface area contributed by atoms with E-state index in [0.29, 0.717) is 6.04 Å². The van der Waals surface area contributed by atoms with Gasteiger partial charge in [0.1, 0.15) is 5.01 Å². The summed E-state index contributed by atoms with van der Waals surface area (Å²) in [5.41, 5.74) is 1.13. The van der Waals surface area contributed by atoms with Crippen LogP contribution < -0.4 is 5.32 Å². The van der Waals surface area contributed by atoms with Gasteiger partial charge in [-0.05, 0) is 19.1 Å². The Morgan fingerprint density at radius 2 is 2.16 bits per heavy atom. The van der Waals surface area contributed by atoms with E-state index in [9.17, 15) is 0 Å². The minimum absolute atomic E-state index is 0. The first kappa shape index (κ1) is 16.7. The zero-order valence-electron chi connectivity index (χ0n) is 10.8. The van der Waals surface area contributed by atoms with E-state index in [0.717, 1.165) is 31.7 Å². The van der Waals surface area contributed by atoms with E-state index in [4.69, 9.17) is 0 Å². The Hall–Kier alpha value is -0.390.